The molecule has 27 heavy (non-hydrogen) atoms. The van der Waals surface area contributed by atoms with Gasteiger partial charge >= 0.3 is 0 Å². The number of nitrogens with zero attached hydrogens (tertiary/aromatic N) is 1. The Labute approximate surface area is 162 Å². The number of hydrogen-bond donors (Lipinski definition) is 1. The average molecular weight is 413 g/mol. The van der Waals surface area contributed by atoms with Gasteiger partial charge in [-0.1, -0.05) is 0 Å². The molecule has 3 rings (SSSR count). The molecule has 1 aromatic carbocycles. The lowest BCUT2D eigenvalue weighted by Gasteiger charge is -2.31. The van der Waals surface area contributed by atoms with Crippen molar-refractivity contribution >= 4 is 27.3 Å². The summed E-state index contributed by atoms with van der Waals surface area (Å²) < 4.78 is 46.1. The van der Waals surface area contributed by atoms with Crippen LogP contribution in [-0.4, -0.2) is 37.8 Å². The molecule has 0 spiro atoms. The van der Waals surface area contributed by atoms with Gasteiger partial charge in [0.25, 0.3) is 10.0 Å². The molecule has 1 saturated heterocycles. The fourth-order valence-corrected chi connectivity index (χ4v) is 5.75. The number of nitrogens with one attached hydrogen (secondary N) is 1. The first-order valence-corrected chi connectivity index (χ1v) is 10.9. The third kappa shape index (κ3) is 5.06. The van der Waals surface area contributed by atoms with Crippen LogP contribution in [0.1, 0.15) is 24.6 Å². The monoisotopic (exact) mass is 412 g/mol. The molecule has 1 aromatic heterocycles. The third-order valence-corrected chi connectivity index (χ3v) is 7.71. The van der Waals surface area contributed by atoms with Crippen LogP contribution >= 0.6 is 11.3 Å². The smallest absolute Gasteiger partial charge is 0.252 e. The zero-order chi connectivity index (χ0) is 19.4. The highest BCUT2D eigenvalue weighted by Crippen LogP contribution is 2.28. The SMILES string of the molecule is CC(=O)NCc1ccc(S(=O)(=O)N2CCC(Oc3ccc(F)cc3)CC2)s1. The van der Waals surface area contributed by atoms with Crippen molar-refractivity contribution in [1.82, 2.24) is 9.62 Å². The number of sulfonamides is 1. The topological polar surface area (TPSA) is 75.7 Å². The number of carbonyl (C=O) groups excluding carboxylic acids is 1. The first-order chi connectivity index (χ1) is 12.8. The Kier molecular flexibility index (Phi) is 6.13. The maximum atomic E-state index is 12.9. The van der Waals surface area contributed by atoms with Gasteiger partial charge in [0.1, 0.15) is 21.9 Å². The van der Waals surface area contributed by atoms with Crippen LogP contribution in [0.15, 0.2) is 40.6 Å². The Morgan fingerprint density at radius 1 is 1.22 bits per heavy atom. The van der Waals surface area contributed by atoms with Gasteiger partial charge in [0.2, 0.25) is 5.91 Å². The van der Waals surface area contributed by atoms with Crippen LogP contribution < -0.4 is 10.1 Å². The average Bonchev–Trinajstić information content (AvgIpc) is 3.12. The maximum absolute atomic E-state index is 12.9. The van der Waals surface area contributed by atoms with Gasteiger partial charge in [-0.2, -0.15) is 4.31 Å². The van der Waals surface area contributed by atoms with Gasteiger partial charge in [0, 0.05) is 24.9 Å². The number of ether oxygens (including phenoxy) is 1. The molecule has 0 atom stereocenters. The largest absolute Gasteiger partial charge is 0.490 e. The molecule has 2 aromatic rings. The maximum Gasteiger partial charge on any atom is 0.252 e. The van der Waals surface area contributed by atoms with Gasteiger partial charge in [-0.3, -0.25) is 4.79 Å². The van der Waals surface area contributed by atoms with E-state index >= 15 is 0 Å². The van der Waals surface area contributed by atoms with Crippen molar-refractivity contribution in [2.75, 3.05) is 13.1 Å². The minimum atomic E-state index is -3.55. The minimum Gasteiger partial charge on any atom is -0.490 e. The number of rotatable bonds is 6. The second kappa shape index (κ2) is 8.37. The second-order valence-electron chi connectivity index (χ2n) is 6.31. The van der Waals surface area contributed by atoms with E-state index in [1.807, 2.05) is 0 Å². The third-order valence-electron chi connectivity index (χ3n) is 4.26. The molecule has 1 amide bonds. The molecule has 146 valence electrons. The number of halogens is 1. The molecule has 0 radical (unpaired) electrons. The summed E-state index contributed by atoms with van der Waals surface area (Å²) in [5, 5.41) is 2.66. The summed E-state index contributed by atoms with van der Waals surface area (Å²) in [5.74, 6) is 0.103. The molecular formula is C18H21FN2O4S2. The van der Waals surface area contributed by atoms with Gasteiger partial charge in [-0.05, 0) is 49.2 Å². The second-order valence-corrected chi connectivity index (χ2v) is 9.64. The van der Waals surface area contributed by atoms with Crippen LogP contribution in [0.2, 0.25) is 0 Å². The molecule has 0 aliphatic carbocycles. The molecule has 1 aliphatic rings. The zero-order valence-corrected chi connectivity index (χ0v) is 16.5. The number of carbonyl (C=O) groups is 1. The van der Waals surface area contributed by atoms with Crippen LogP contribution in [0, 0.1) is 5.82 Å². The summed E-state index contributed by atoms with van der Waals surface area (Å²) in [6.07, 6.45) is 1.04. The predicted molar refractivity (Wildman–Crippen MR) is 101 cm³/mol. The Bertz CT molecular complexity index is 888. The summed E-state index contributed by atoms with van der Waals surface area (Å²) in [5.41, 5.74) is 0. The fraction of sp³-hybridized carbons (Fsp3) is 0.389. The van der Waals surface area contributed by atoms with Crippen LogP contribution in [0.25, 0.3) is 0 Å². The first-order valence-electron chi connectivity index (χ1n) is 8.60. The van der Waals surface area contributed by atoms with Crippen LogP contribution in [0.4, 0.5) is 4.39 Å². The Morgan fingerprint density at radius 2 is 1.89 bits per heavy atom. The summed E-state index contributed by atoms with van der Waals surface area (Å²) in [4.78, 5) is 11.8. The standard InChI is InChI=1S/C18H21FN2O4S2/c1-13(22)20-12-17-6-7-18(26-17)27(23,24)21-10-8-16(9-11-21)25-15-4-2-14(19)3-5-15/h2-7,16H,8-12H2,1H3,(H,20,22). The van der Waals surface area contributed by atoms with Crippen molar-refractivity contribution < 1.29 is 22.3 Å². The van der Waals surface area contributed by atoms with Crippen molar-refractivity contribution in [2.24, 2.45) is 0 Å². The number of thiophene rings is 1. The highest BCUT2D eigenvalue weighted by molar-refractivity contribution is 7.91. The molecular weight excluding hydrogens is 391 g/mol. The van der Waals surface area contributed by atoms with Crippen molar-refractivity contribution in [3.8, 4) is 5.75 Å². The Balaban J connectivity index is 1.57. The van der Waals surface area contributed by atoms with Gasteiger partial charge in [-0.25, -0.2) is 12.8 Å². The van der Waals surface area contributed by atoms with Crippen LogP contribution in [-0.2, 0) is 21.4 Å². The molecule has 2 heterocycles. The highest BCUT2D eigenvalue weighted by atomic mass is 32.2. The fourth-order valence-electron chi connectivity index (χ4n) is 2.83. The van der Waals surface area contributed by atoms with Crippen molar-refractivity contribution in [1.29, 1.82) is 0 Å². The van der Waals surface area contributed by atoms with E-state index in [4.69, 9.17) is 4.74 Å². The van der Waals surface area contributed by atoms with Crippen molar-refractivity contribution in [2.45, 2.75) is 36.6 Å². The van der Waals surface area contributed by atoms with Crippen molar-refractivity contribution in [3.05, 3.63) is 47.1 Å². The summed E-state index contributed by atoms with van der Waals surface area (Å²) in [7, 11) is -3.55. The molecule has 1 fully saturated rings. The number of benzene rings is 1. The molecule has 0 unspecified atom stereocenters. The first kappa shape index (κ1) is 19.8. The van der Waals surface area contributed by atoms with E-state index in [1.54, 1.807) is 24.3 Å². The minimum absolute atomic E-state index is 0.0967. The molecule has 1 N–H and O–H groups in total. The highest BCUT2D eigenvalue weighted by Gasteiger charge is 2.31. The Morgan fingerprint density at radius 3 is 2.52 bits per heavy atom. The predicted octanol–water partition coefficient (Wildman–Crippen LogP) is 2.76. The Hall–Kier alpha value is -1.97. The van der Waals surface area contributed by atoms with Gasteiger partial charge in [-0.15, -0.1) is 11.3 Å². The summed E-state index contributed by atoms with van der Waals surface area (Å²) in [6, 6.07) is 9.12. The van der Waals surface area contributed by atoms with E-state index in [2.05, 4.69) is 5.32 Å². The van der Waals surface area contributed by atoms with E-state index in [9.17, 15) is 17.6 Å². The van der Waals surface area contributed by atoms with E-state index in [0.717, 1.165) is 4.88 Å². The quantitative estimate of drug-likeness (QED) is 0.792. The van der Waals surface area contributed by atoms with Gasteiger partial charge < -0.3 is 10.1 Å². The lowest BCUT2D eigenvalue weighted by molar-refractivity contribution is -0.119. The summed E-state index contributed by atoms with van der Waals surface area (Å²) >= 11 is 1.17. The van der Waals surface area contributed by atoms with Gasteiger partial charge in [0.15, 0.2) is 0 Å². The lowest BCUT2D eigenvalue weighted by atomic mass is 10.1. The lowest BCUT2D eigenvalue weighted by Crippen LogP contribution is -2.41. The normalized spacial score (nSPS) is 16.2. The molecule has 0 bridgehead atoms. The number of hydrogen-bond acceptors (Lipinski definition) is 5. The summed E-state index contributed by atoms with van der Waals surface area (Å²) in [6.45, 7) is 2.48. The van der Waals surface area contributed by atoms with Crippen LogP contribution in [0.3, 0.4) is 0 Å². The van der Waals surface area contributed by atoms with Crippen LogP contribution in [0.5, 0.6) is 5.75 Å². The number of amides is 1. The van der Waals surface area contributed by atoms with E-state index in [-0.39, 0.29) is 22.0 Å². The van der Waals surface area contributed by atoms with Crippen molar-refractivity contribution in [3.63, 3.8) is 0 Å². The molecule has 1 aliphatic heterocycles. The van der Waals surface area contributed by atoms with Gasteiger partial charge in [0.05, 0.1) is 6.54 Å². The molecule has 0 saturated carbocycles. The van der Waals surface area contributed by atoms with E-state index in [0.29, 0.717) is 38.2 Å². The molecule has 9 heteroatoms. The zero-order valence-electron chi connectivity index (χ0n) is 14.9. The molecule has 6 nitrogen and oxygen atoms in total. The number of piperidine rings is 1. The van der Waals surface area contributed by atoms with E-state index in [1.165, 1.54) is 34.7 Å². The van der Waals surface area contributed by atoms with E-state index < -0.39 is 10.0 Å².